The van der Waals surface area contributed by atoms with E-state index in [1.54, 1.807) is 7.05 Å². The van der Waals surface area contributed by atoms with Crippen molar-refractivity contribution in [2.75, 3.05) is 20.1 Å². The predicted molar refractivity (Wildman–Crippen MR) is 101 cm³/mol. The Morgan fingerprint density at radius 2 is 1.71 bits per heavy atom. The van der Waals surface area contributed by atoms with E-state index in [9.17, 15) is 13.8 Å². The molecular formula is C13H32FN6O2PS. The maximum Gasteiger partial charge on any atom is 0.261 e. The van der Waals surface area contributed by atoms with Gasteiger partial charge in [0.1, 0.15) is 6.29 Å². The summed E-state index contributed by atoms with van der Waals surface area (Å²) in [6, 6.07) is -0.925. The van der Waals surface area contributed by atoms with Crippen LogP contribution < -0.4 is 32.7 Å². The quantitative estimate of drug-likeness (QED) is 0.114. The molecule has 0 aromatic heterocycles. The van der Waals surface area contributed by atoms with Crippen LogP contribution in [0.25, 0.3) is 0 Å². The highest BCUT2D eigenvalue weighted by Gasteiger charge is 2.17. The average Bonchev–Trinajstić information content (AvgIpc) is 2.55. The number of aldehydes is 1. The van der Waals surface area contributed by atoms with E-state index in [0.29, 0.717) is 19.5 Å². The molecule has 0 aromatic rings. The van der Waals surface area contributed by atoms with Crippen LogP contribution in [0, 0.1) is 0 Å². The SMILES string of the molecule is CNSP(F)NC(=O)C(N)CCCCN.NCCCCC(N)C=O. The highest BCUT2D eigenvalue weighted by atomic mass is 32.7. The van der Waals surface area contributed by atoms with Gasteiger partial charge >= 0.3 is 0 Å². The number of hydrogen-bond donors (Lipinski definition) is 6. The Balaban J connectivity index is 0. The summed E-state index contributed by atoms with van der Waals surface area (Å²) >= 11 is 0.846. The highest BCUT2D eigenvalue weighted by Crippen LogP contribution is 2.44. The monoisotopic (exact) mass is 386 g/mol. The van der Waals surface area contributed by atoms with Gasteiger partial charge in [-0.2, -0.15) is 4.20 Å². The molecule has 0 saturated heterocycles. The van der Waals surface area contributed by atoms with Gasteiger partial charge in [0.15, 0.2) is 0 Å². The maximum absolute atomic E-state index is 13.0. The third kappa shape index (κ3) is 18.0. The van der Waals surface area contributed by atoms with E-state index < -0.39 is 19.5 Å². The van der Waals surface area contributed by atoms with Crippen molar-refractivity contribution in [3.05, 3.63) is 0 Å². The van der Waals surface area contributed by atoms with Crippen molar-refractivity contribution in [1.82, 2.24) is 9.81 Å². The fourth-order valence-electron chi connectivity index (χ4n) is 1.50. The summed E-state index contributed by atoms with van der Waals surface area (Å²) < 4.78 is 15.5. The smallest absolute Gasteiger partial charge is 0.261 e. The molecule has 10 N–H and O–H groups in total. The fraction of sp³-hybridized carbons (Fsp3) is 0.846. The van der Waals surface area contributed by atoms with Crippen LogP contribution in [0.15, 0.2) is 0 Å². The third-order valence-electron chi connectivity index (χ3n) is 2.84. The summed E-state index contributed by atoms with van der Waals surface area (Å²) in [5.74, 6) is -0.441. The molecule has 1 amide bonds. The zero-order valence-electron chi connectivity index (χ0n) is 14.2. The molecule has 0 aliphatic carbocycles. The van der Waals surface area contributed by atoms with Gasteiger partial charge in [0.05, 0.1) is 12.1 Å². The number of carbonyl (C=O) groups is 2. The summed E-state index contributed by atoms with van der Waals surface area (Å²) in [4.78, 5) is 21.2. The van der Waals surface area contributed by atoms with Crippen molar-refractivity contribution in [2.24, 2.45) is 22.9 Å². The van der Waals surface area contributed by atoms with E-state index in [4.69, 9.17) is 22.9 Å². The summed E-state index contributed by atoms with van der Waals surface area (Å²) in [5, 5.41) is 2.21. The molecule has 0 spiro atoms. The molecule has 0 saturated carbocycles. The van der Waals surface area contributed by atoms with Crippen LogP contribution >= 0.6 is 19.2 Å². The lowest BCUT2D eigenvalue weighted by atomic mass is 10.1. The van der Waals surface area contributed by atoms with Gasteiger partial charge in [0, 0.05) is 11.6 Å². The fourth-order valence-corrected chi connectivity index (χ4v) is 2.94. The number of unbranched alkanes of at least 4 members (excludes halogenated alkanes) is 2. The molecule has 0 radical (unpaired) electrons. The topological polar surface area (TPSA) is 162 Å². The third-order valence-corrected chi connectivity index (χ3v) is 4.88. The Morgan fingerprint density at radius 3 is 2.17 bits per heavy atom. The van der Waals surface area contributed by atoms with E-state index >= 15 is 0 Å². The average molecular weight is 386 g/mol. The van der Waals surface area contributed by atoms with Gasteiger partial charge in [-0.05, 0) is 45.8 Å². The van der Waals surface area contributed by atoms with Crippen molar-refractivity contribution in [3.8, 4) is 0 Å². The first-order chi connectivity index (χ1) is 11.4. The van der Waals surface area contributed by atoms with Gasteiger partial charge < -0.3 is 27.7 Å². The second kappa shape index (κ2) is 19.0. The number of rotatable bonds is 13. The molecule has 3 atom stereocenters. The number of nitrogens with one attached hydrogen (secondary N) is 2. The first-order valence-electron chi connectivity index (χ1n) is 7.89. The lowest BCUT2D eigenvalue weighted by Gasteiger charge is -2.13. The summed E-state index contributed by atoms with van der Waals surface area (Å²) in [5.41, 5.74) is 21.4. The first-order valence-corrected chi connectivity index (χ1v) is 10.5. The zero-order chi connectivity index (χ0) is 18.8. The molecular weight excluding hydrogens is 354 g/mol. The Hall–Kier alpha value is -0.350. The zero-order valence-corrected chi connectivity index (χ0v) is 16.0. The predicted octanol–water partition coefficient (Wildman–Crippen LogP) is 0.265. The lowest BCUT2D eigenvalue weighted by molar-refractivity contribution is -0.120. The largest absolute Gasteiger partial charge is 0.330 e. The molecule has 0 aliphatic heterocycles. The summed E-state index contributed by atoms with van der Waals surface area (Å²) in [6.45, 7) is 1.27. The minimum Gasteiger partial charge on any atom is -0.330 e. The van der Waals surface area contributed by atoms with E-state index in [1.807, 2.05) is 0 Å². The van der Waals surface area contributed by atoms with E-state index in [1.165, 1.54) is 0 Å². The summed E-state index contributed by atoms with van der Waals surface area (Å²) in [7, 11) is -0.480. The standard InChI is InChI=1S/C7H18FN4OPS.C6H14N2O/c1-11-15-14(8)12-7(13)6(10)4-2-3-5-9;7-4-2-1-3-6(8)5-9/h6,11H,2-5,9-10H2,1H3,(H,12,13);5-6H,1-4,7-8H2. The second-order valence-electron chi connectivity index (χ2n) is 4.99. The minimum atomic E-state index is -2.07. The molecule has 8 nitrogen and oxygen atoms in total. The van der Waals surface area contributed by atoms with Crippen molar-refractivity contribution >= 4 is 31.3 Å². The van der Waals surface area contributed by atoms with E-state index in [2.05, 4.69) is 9.81 Å². The Bertz CT molecular complexity index is 320. The van der Waals surface area contributed by atoms with Crippen LogP contribution in [0.4, 0.5) is 4.20 Å². The maximum atomic E-state index is 13.0. The van der Waals surface area contributed by atoms with E-state index in [0.717, 1.165) is 50.0 Å². The minimum absolute atomic E-state index is 0.281. The molecule has 0 rings (SSSR count). The van der Waals surface area contributed by atoms with Gasteiger partial charge in [0.25, 0.3) is 7.58 Å². The molecule has 11 heteroatoms. The molecule has 0 heterocycles. The number of hydrogen-bond acceptors (Lipinski definition) is 8. The second-order valence-corrected chi connectivity index (χ2v) is 7.81. The van der Waals surface area contributed by atoms with Crippen LogP contribution in [0.5, 0.6) is 0 Å². The van der Waals surface area contributed by atoms with Crippen molar-refractivity contribution in [1.29, 1.82) is 0 Å². The highest BCUT2D eigenvalue weighted by molar-refractivity contribution is 8.52. The van der Waals surface area contributed by atoms with Gasteiger partial charge in [0.2, 0.25) is 5.91 Å². The van der Waals surface area contributed by atoms with Crippen LogP contribution in [0.2, 0.25) is 0 Å². The number of halogens is 1. The Kier molecular flexibility index (Phi) is 20.5. The molecule has 0 bridgehead atoms. The van der Waals surface area contributed by atoms with Crippen LogP contribution in [-0.2, 0) is 9.59 Å². The van der Waals surface area contributed by atoms with Crippen LogP contribution in [0.1, 0.15) is 38.5 Å². The molecule has 3 unspecified atom stereocenters. The van der Waals surface area contributed by atoms with Crippen molar-refractivity contribution in [2.45, 2.75) is 50.6 Å². The number of amides is 1. The number of carbonyl (C=O) groups excluding carboxylic acids is 2. The molecule has 0 fully saturated rings. The molecule has 0 aliphatic rings. The van der Waals surface area contributed by atoms with Gasteiger partial charge in [-0.3, -0.25) is 14.6 Å². The molecule has 24 heavy (non-hydrogen) atoms. The van der Waals surface area contributed by atoms with Gasteiger partial charge in [-0.1, -0.05) is 12.8 Å². The Labute approximate surface area is 149 Å². The van der Waals surface area contributed by atoms with Crippen LogP contribution in [0.3, 0.4) is 0 Å². The molecule has 144 valence electrons. The van der Waals surface area contributed by atoms with E-state index in [-0.39, 0.29) is 6.04 Å². The summed E-state index contributed by atoms with van der Waals surface area (Å²) in [6.07, 6.45) is 5.61. The van der Waals surface area contributed by atoms with Crippen LogP contribution in [-0.4, -0.2) is 44.4 Å². The Morgan fingerprint density at radius 1 is 1.17 bits per heavy atom. The van der Waals surface area contributed by atoms with Crippen molar-refractivity contribution < 1.29 is 13.8 Å². The lowest BCUT2D eigenvalue weighted by Crippen LogP contribution is -2.37. The molecule has 0 aromatic carbocycles. The number of nitrogens with two attached hydrogens (primary N) is 4. The first kappa shape index (κ1) is 25.9. The normalized spacial score (nSPS) is 14.1. The van der Waals surface area contributed by atoms with Crippen molar-refractivity contribution in [3.63, 3.8) is 0 Å². The van der Waals surface area contributed by atoms with Gasteiger partial charge in [-0.25, -0.2) is 0 Å². The van der Waals surface area contributed by atoms with Gasteiger partial charge in [-0.15, -0.1) is 0 Å².